The minimum atomic E-state index is 0.0568. The lowest BCUT2D eigenvalue weighted by atomic mass is 10.3. The molecule has 0 aliphatic carbocycles. The van der Waals surface area contributed by atoms with E-state index in [-0.39, 0.29) is 5.78 Å². The first-order valence-electron chi connectivity index (χ1n) is 4.62. The molecule has 1 aromatic heterocycles. The third kappa shape index (κ3) is 3.80. The van der Waals surface area contributed by atoms with Gasteiger partial charge in [0.2, 0.25) is 0 Å². The number of carbonyl (C=O) groups excluding carboxylic acids is 1. The Balaban J connectivity index is 2.40. The molecule has 0 N–H and O–H groups in total. The Labute approximate surface area is 93.1 Å². The molecule has 0 aliphatic rings. The van der Waals surface area contributed by atoms with E-state index in [0.29, 0.717) is 11.6 Å². The van der Waals surface area contributed by atoms with Gasteiger partial charge in [-0.05, 0) is 11.7 Å². The Morgan fingerprint density at radius 1 is 1.64 bits per heavy atom. The van der Waals surface area contributed by atoms with Crippen molar-refractivity contribution in [2.45, 2.75) is 26.5 Å². The zero-order chi connectivity index (χ0) is 10.6. The summed E-state index contributed by atoms with van der Waals surface area (Å²) in [6.45, 7) is 5.96. The quantitative estimate of drug-likeness (QED) is 0.726. The number of rotatable bonds is 5. The minimum absolute atomic E-state index is 0.0568. The lowest BCUT2D eigenvalue weighted by Crippen LogP contribution is -1.94. The molecule has 0 fully saturated rings. The van der Waals surface area contributed by atoms with Gasteiger partial charge in [0.25, 0.3) is 0 Å². The van der Waals surface area contributed by atoms with Crippen LogP contribution in [0.2, 0.25) is 0 Å². The van der Waals surface area contributed by atoms with Gasteiger partial charge in [0, 0.05) is 18.1 Å². The highest BCUT2D eigenvalue weighted by Gasteiger charge is 2.05. The van der Waals surface area contributed by atoms with Crippen molar-refractivity contribution < 1.29 is 4.79 Å². The number of nitrogens with zero attached hydrogens (tertiary/aromatic N) is 1. The second kappa shape index (κ2) is 5.51. The van der Waals surface area contributed by atoms with Crippen LogP contribution in [0.1, 0.15) is 36.3 Å². The van der Waals surface area contributed by atoms with Crippen molar-refractivity contribution in [1.29, 1.82) is 0 Å². The van der Waals surface area contributed by atoms with Gasteiger partial charge in [0.15, 0.2) is 5.78 Å². The average molecular weight is 229 g/mol. The van der Waals surface area contributed by atoms with Gasteiger partial charge in [0.05, 0.1) is 0 Å². The van der Waals surface area contributed by atoms with Crippen molar-refractivity contribution >= 4 is 28.9 Å². The van der Waals surface area contributed by atoms with Crippen LogP contribution in [0.25, 0.3) is 0 Å². The van der Waals surface area contributed by atoms with E-state index in [4.69, 9.17) is 0 Å². The van der Waals surface area contributed by atoms with Crippen LogP contribution in [-0.2, 0) is 5.75 Å². The standard InChI is InChI=1S/C10H15NOS2/c1-7(2)4-13-6-10-11-9(5-14-10)8(3)12/h5,7H,4,6H2,1-3H3. The van der Waals surface area contributed by atoms with Crippen molar-refractivity contribution in [2.75, 3.05) is 5.75 Å². The normalized spacial score (nSPS) is 10.9. The van der Waals surface area contributed by atoms with Crippen molar-refractivity contribution in [3.8, 4) is 0 Å². The van der Waals surface area contributed by atoms with E-state index < -0.39 is 0 Å². The van der Waals surface area contributed by atoms with Crippen LogP contribution in [0.15, 0.2) is 5.38 Å². The molecule has 0 saturated carbocycles. The summed E-state index contributed by atoms with van der Waals surface area (Å²) in [5.74, 6) is 2.85. The maximum absolute atomic E-state index is 11.0. The van der Waals surface area contributed by atoms with Crippen molar-refractivity contribution in [2.24, 2.45) is 5.92 Å². The lowest BCUT2D eigenvalue weighted by Gasteiger charge is -2.01. The lowest BCUT2D eigenvalue weighted by molar-refractivity contribution is 0.101. The van der Waals surface area contributed by atoms with Crippen LogP contribution in [-0.4, -0.2) is 16.5 Å². The van der Waals surface area contributed by atoms with E-state index in [9.17, 15) is 4.79 Å². The molecule has 1 rings (SSSR count). The summed E-state index contributed by atoms with van der Waals surface area (Å²) >= 11 is 3.45. The number of Topliss-reactive ketones (excluding diaryl/α,β-unsaturated/α-hetero) is 1. The van der Waals surface area contributed by atoms with Crippen LogP contribution in [0, 0.1) is 5.92 Å². The van der Waals surface area contributed by atoms with Gasteiger partial charge in [-0.1, -0.05) is 13.8 Å². The molecular weight excluding hydrogens is 214 g/mol. The molecule has 14 heavy (non-hydrogen) atoms. The van der Waals surface area contributed by atoms with Gasteiger partial charge in [-0.3, -0.25) is 4.79 Å². The van der Waals surface area contributed by atoms with E-state index in [0.717, 1.165) is 16.5 Å². The van der Waals surface area contributed by atoms with Crippen molar-refractivity contribution in [3.63, 3.8) is 0 Å². The summed E-state index contributed by atoms with van der Waals surface area (Å²) in [4.78, 5) is 15.2. The Morgan fingerprint density at radius 2 is 2.36 bits per heavy atom. The fourth-order valence-electron chi connectivity index (χ4n) is 0.921. The van der Waals surface area contributed by atoms with Crippen molar-refractivity contribution in [1.82, 2.24) is 4.98 Å². The number of thioether (sulfide) groups is 1. The second-order valence-corrected chi connectivity index (χ2v) is 5.56. The molecule has 1 heterocycles. The zero-order valence-corrected chi connectivity index (χ0v) is 10.4. The maximum Gasteiger partial charge on any atom is 0.178 e. The predicted octanol–water partition coefficient (Wildman–Crippen LogP) is 3.23. The van der Waals surface area contributed by atoms with E-state index in [1.807, 2.05) is 17.1 Å². The highest BCUT2D eigenvalue weighted by atomic mass is 32.2. The topological polar surface area (TPSA) is 30.0 Å². The smallest absolute Gasteiger partial charge is 0.178 e. The first kappa shape index (κ1) is 11.7. The Hall–Kier alpha value is -0.350. The molecule has 0 spiro atoms. The van der Waals surface area contributed by atoms with E-state index >= 15 is 0 Å². The summed E-state index contributed by atoms with van der Waals surface area (Å²) in [5.41, 5.74) is 0.607. The number of ketones is 1. The zero-order valence-electron chi connectivity index (χ0n) is 8.74. The minimum Gasteiger partial charge on any atom is -0.293 e. The number of hydrogen-bond acceptors (Lipinski definition) is 4. The molecule has 0 bridgehead atoms. The monoisotopic (exact) mass is 229 g/mol. The summed E-state index contributed by atoms with van der Waals surface area (Å²) in [5, 5.41) is 2.90. The first-order valence-corrected chi connectivity index (χ1v) is 6.66. The van der Waals surface area contributed by atoms with Gasteiger partial charge in [-0.25, -0.2) is 4.98 Å². The number of aromatic nitrogens is 1. The number of hydrogen-bond donors (Lipinski definition) is 0. The molecule has 0 aliphatic heterocycles. The second-order valence-electron chi connectivity index (χ2n) is 3.59. The largest absolute Gasteiger partial charge is 0.293 e. The van der Waals surface area contributed by atoms with Crippen LogP contribution < -0.4 is 0 Å². The van der Waals surface area contributed by atoms with Crippen LogP contribution in [0.3, 0.4) is 0 Å². The average Bonchev–Trinajstić information content (AvgIpc) is 2.52. The van der Waals surface area contributed by atoms with Gasteiger partial charge in [-0.2, -0.15) is 11.8 Å². The third-order valence-electron chi connectivity index (χ3n) is 1.59. The third-order valence-corrected chi connectivity index (χ3v) is 4.00. The van der Waals surface area contributed by atoms with E-state index in [1.54, 1.807) is 18.3 Å². The Bertz CT molecular complexity index is 307. The fraction of sp³-hybridized carbons (Fsp3) is 0.600. The van der Waals surface area contributed by atoms with Gasteiger partial charge >= 0.3 is 0 Å². The predicted molar refractivity (Wildman–Crippen MR) is 63.1 cm³/mol. The van der Waals surface area contributed by atoms with E-state index in [2.05, 4.69) is 18.8 Å². The summed E-state index contributed by atoms with van der Waals surface area (Å²) < 4.78 is 0. The number of thiazole rings is 1. The van der Waals surface area contributed by atoms with Crippen LogP contribution in [0.4, 0.5) is 0 Å². The first-order chi connectivity index (χ1) is 6.59. The molecular formula is C10H15NOS2. The molecule has 0 aromatic carbocycles. The molecule has 1 aromatic rings. The van der Waals surface area contributed by atoms with Crippen LogP contribution in [0.5, 0.6) is 0 Å². The molecule has 0 radical (unpaired) electrons. The molecule has 78 valence electrons. The SMILES string of the molecule is CC(=O)c1csc(CSCC(C)C)n1. The van der Waals surface area contributed by atoms with Gasteiger partial charge in [-0.15, -0.1) is 11.3 Å². The summed E-state index contributed by atoms with van der Waals surface area (Å²) in [6, 6.07) is 0. The molecule has 0 saturated heterocycles. The highest BCUT2D eigenvalue weighted by molar-refractivity contribution is 7.98. The molecule has 4 heteroatoms. The molecule has 0 amide bonds. The summed E-state index contributed by atoms with van der Waals surface area (Å²) in [6.07, 6.45) is 0. The molecule has 2 nitrogen and oxygen atoms in total. The molecule has 0 atom stereocenters. The number of carbonyl (C=O) groups is 1. The Morgan fingerprint density at radius 3 is 2.86 bits per heavy atom. The van der Waals surface area contributed by atoms with E-state index in [1.165, 1.54) is 0 Å². The highest BCUT2D eigenvalue weighted by Crippen LogP contribution is 2.18. The van der Waals surface area contributed by atoms with Crippen LogP contribution >= 0.6 is 23.1 Å². The van der Waals surface area contributed by atoms with Gasteiger partial charge < -0.3 is 0 Å². The van der Waals surface area contributed by atoms with Crippen molar-refractivity contribution in [3.05, 3.63) is 16.1 Å². The summed E-state index contributed by atoms with van der Waals surface area (Å²) in [7, 11) is 0. The molecule has 0 unspecified atom stereocenters. The Kier molecular flexibility index (Phi) is 4.62. The maximum atomic E-state index is 11.0. The fourth-order valence-corrected chi connectivity index (χ4v) is 2.89. The van der Waals surface area contributed by atoms with Gasteiger partial charge in [0.1, 0.15) is 10.7 Å².